The highest BCUT2D eigenvalue weighted by molar-refractivity contribution is 6.14. The van der Waals surface area contributed by atoms with Crippen molar-refractivity contribution in [3.05, 3.63) is 99.3 Å². The number of benzene rings is 3. The summed E-state index contributed by atoms with van der Waals surface area (Å²) in [6.45, 7) is 0. The summed E-state index contributed by atoms with van der Waals surface area (Å²) in [6, 6.07) is 16.8. The van der Waals surface area contributed by atoms with E-state index in [0.29, 0.717) is 22.4 Å². The molecule has 8 heteroatoms. The number of rotatable bonds is 5. The predicted octanol–water partition coefficient (Wildman–Crippen LogP) is 4.44. The molecular formula is C23H15NO7. The summed E-state index contributed by atoms with van der Waals surface area (Å²) in [5.41, 5.74) is 0.972. The number of carbonyl (C=O) groups is 2. The van der Waals surface area contributed by atoms with Gasteiger partial charge in [0.15, 0.2) is 5.76 Å². The molecule has 0 saturated heterocycles. The zero-order valence-electron chi connectivity index (χ0n) is 16.2. The van der Waals surface area contributed by atoms with E-state index >= 15 is 0 Å². The van der Waals surface area contributed by atoms with Gasteiger partial charge in [0.25, 0.3) is 5.69 Å². The Labute approximate surface area is 176 Å². The molecule has 0 aliphatic carbocycles. The number of ketones is 1. The van der Waals surface area contributed by atoms with Gasteiger partial charge in [-0.05, 0) is 42.0 Å². The van der Waals surface area contributed by atoms with Crippen molar-refractivity contribution in [1.82, 2.24) is 0 Å². The van der Waals surface area contributed by atoms with Crippen LogP contribution in [0.4, 0.5) is 5.69 Å². The first-order chi connectivity index (χ1) is 14.9. The molecule has 0 spiro atoms. The molecule has 8 nitrogen and oxygen atoms in total. The molecule has 154 valence electrons. The first-order valence-corrected chi connectivity index (χ1v) is 9.13. The van der Waals surface area contributed by atoms with Crippen molar-refractivity contribution in [3.8, 4) is 17.2 Å². The molecule has 0 amide bonds. The minimum atomic E-state index is -0.587. The lowest BCUT2D eigenvalue weighted by atomic mass is 10.1. The third-order valence-electron chi connectivity index (χ3n) is 4.54. The second-order valence-electron chi connectivity index (χ2n) is 6.57. The summed E-state index contributed by atoms with van der Waals surface area (Å²) in [7, 11) is 1.50. The number of nitro benzene ring substituents is 1. The van der Waals surface area contributed by atoms with Gasteiger partial charge < -0.3 is 14.2 Å². The van der Waals surface area contributed by atoms with Gasteiger partial charge in [0.2, 0.25) is 5.78 Å². The Kier molecular flexibility index (Phi) is 5.19. The van der Waals surface area contributed by atoms with Gasteiger partial charge in [0, 0.05) is 18.2 Å². The van der Waals surface area contributed by atoms with Crippen LogP contribution in [0.25, 0.3) is 6.08 Å². The topological polar surface area (TPSA) is 105 Å². The highest BCUT2D eigenvalue weighted by Crippen LogP contribution is 2.35. The monoisotopic (exact) mass is 417 g/mol. The lowest BCUT2D eigenvalue weighted by Gasteiger charge is -2.07. The summed E-state index contributed by atoms with van der Waals surface area (Å²) in [4.78, 5) is 35.4. The molecule has 0 radical (unpaired) electrons. The number of nitro groups is 1. The maximum absolute atomic E-state index is 12.6. The molecule has 0 fully saturated rings. The molecule has 0 bridgehead atoms. The number of carbonyl (C=O) groups excluding carboxylic acids is 2. The number of hydrogen-bond acceptors (Lipinski definition) is 7. The van der Waals surface area contributed by atoms with E-state index in [1.807, 2.05) is 0 Å². The van der Waals surface area contributed by atoms with Crippen LogP contribution in [0.3, 0.4) is 0 Å². The van der Waals surface area contributed by atoms with Gasteiger partial charge in [0.05, 0.1) is 23.2 Å². The first kappa shape index (κ1) is 19.8. The molecule has 1 aliphatic rings. The lowest BCUT2D eigenvalue weighted by molar-refractivity contribution is -0.384. The van der Waals surface area contributed by atoms with Crippen LogP contribution in [0, 0.1) is 10.1 Å². The van der Waals surface area contributed by atoms with Crippen LogP contribution in [0.15, 0.2) is 72.5 Å². The van der Waals surface area contributed by atoms with Crippen LogP contribution in [-0.4, -0.2) is 23.8 Å². The number of nitrogens with zero attached hydrogens (tertiary/aromatic N) is 1. The fourth-order valence-electron chi connectivity index (χ4n) is 3.03. The van der Waals surface area contributed by atoms with Crippen molar-refractivity contribution in [1.29, 1.82) is 0 Å². The van der Waals surface area contributed by atoms with E-state index in [-0.39, 0.29) is 28.7 Å². The van der Waals surface area contributed by atoms with E-state index in [1.54, 1.807) is 30.3 Å². The number of methoxy groups -OCH3 is 1. The molecule has 3 aromatic carbocycles. The molecule has 4 rings (SSSR count). The number of non-ortho nitro benzene ring substituents is 1. The SMILES string of the molecule is COc1cccc(C(=O)Oc2ccc3c(c2)O/C(=C\c2cccc([N+](=O)[O-])c2)C3=O)c1. The van der Waals surface area contributed by atoms with Crippen LogP contribution in [-0.2, 0) is 0 Å². The van der Waals surface area contributed by atoms with Crippen molar-refractivity contribution < 1.29 is 28.7 Å². The maximum atomic E-state index is 12.6. The largest absolute Gasteiger partial charge is 0.497 e. The highest BCUT2D eigenvalue weighted by atomic mass is 16.6. The molecule has 0 atom stereocenters. The third kappa shape index (κ3) is 4.13. The summed E-state index contributed by atoms with van der Waals surface area (Å²) in [5, 5.41) is 10.9. The first-order valence-electron chi connectivity index (χ1n) is 9.13. The minimum absolute atomic E-state index is 0.0202. The summed E-state index contributed by atoms with van der Waals surface area (Å²) in [5.74, 6) is 0.0244. The minimum Gasteiger partial charge on any atom is -0.497 e. The number of allylic oxidation sites excluding steroid dienone is 1. The predicted molar refractivity (Wildman–Crippen MR) is 110 cm³/mol. The zero-order chi connectivity index (χ0) is 22.0. The highest BCUT2D eigenvalue weighted by Gasteiger charge is 2.28. The van der Waals surface area contributed by atoms with Gasteiger partial charge in [-0.3, -0.25) is 14.9 Å². The Hall–Kier alpha value is -4.46. The van der Waals surface area contributed by atoms with Gasteiger partial charge in [-0.15, -0.1) is 0 Å². The Morgan fingerprint density at radius 2 is 1.84 bits per heavy atom. The number of ether oxygens (including phenoxy) is 3. The third-order valence-corrected chi connectivity index (χ3v) is 4.54. The standard InChI is InChI=1S/C23H15NO7/c1-29-17-7-3-5-15(12-17)23(26)30-18-8-9-19-20(13-18)31-21(22(19)25)11-14-4-2-6-16(10-14)24(27)28/h2-13H,1H3/b21-11-. The quantitative estimate of drug-likeness (QED) is 0.199. The van der Waals surface area contributed by atoms with E-state index in [9.17, 15) is 19.7 Å². The van der Waals surface area contributed by atoms with E-state index in [0.717, 1.165) is 0 Å². The number of hydrogen-bond donors (Lipinski definition) is 0. The number of esters is 1. The second-order valence-corrected chi connectivity index (χ2v) is 6.57. The van der Waals surface area contributed by atoms with E-state index in [4.69, 9.17) is 14.2 Å². The van der Waals surface area contributed by atoms with Gasteiger partial charge in [-0.1, -0.05) is 18.2 Å². The molecule has 3 aromatic rings. The average molecular weight is 417 g/mol. The van der Waals surface area contributed by atoms with E-state index in [1.165, 1.54) is 49.6 Å². The second kappa shape index (κ2) is 8.11. The molecule has 0 aromatic heterocycles. The molecular weight excluding hydrogens is 402 g/mol. The van der Waals surface area contributed by atoms with Crippen LogP contribution >= 0.6 is 0 Å². The van der Waals surface area contributed by atoms with Crippen LogP contribution < -0.4 is 14.2 Å². The van der Waals surface area contributed by atoms with Gasteiger partial charge in [0.1, 0.15) is 17.2 Å². The van der Waals surface area contributed by atoms with Crippen molar-refractivity contribution in [2.24, 2.45) is 0 Å². The molecule has 0 unspecified atom stereocenters. The van der Waals surface area contributed by atoms with Crippen LogP contribution in [0.1, 0.15) is 26.3 Å². The zero-order valence-corrected chi connectivity index (χ0v) is 16.2. The van der Waals surface area contributed by atoms with Crippen LogP contribution in [0.5, 0.6) is 17.2 Å². The Morgan fingerprint density at radius 3 is 2.61 bits per heavy atom. The van der Waals surface area contributed by atoms with Crippen molar-refractivity contribution in [2.75, 3.05) is 7.11 Å². The normalized spacial score (nSPS) is 13.5. The molecule has 0 N–H and O–H groups in total. The van der Waals surface area contributed by atoms with Gasteiger partial charge in [-0.25, -0.2) is 4.79 Å². The number of fused-ring (bicyclic) bond motifs is 1. The van der Waals surface area contributed by atoms with Crippen molar-refractivity contribution >= 4 is 23.5 Å². The van der Waals surface area contributed by atoms with Gasteiger partial charge >= 0.3 is 5.97 Å². The van der Waals surface area contributed by atoms with E-state index in [2.05, 4.69) is 0 Å². The van der Waals surface area contributed by atoms with E-state index < -0.39 is 10.9 Å². The molecule has 31 heavy (non-hydrogen) atoms. The number of Topliss-reactive ketones (excluding diaryl/α,β-unsaturated/α-hetero) is 1. The fourth-order valence-corrected chi connectivity index (χ4v) is 3.03. The van der Waals surface area contributed by atoms with Crippen molar-refractivity contribution in [2.45, 2.75) is 0 Å². The Bertz CT molecular complexity index is 1250. The van der Waals surface area contributed by atoms with Crippen molar-refractivity contribution in [3.63, 3.8) is 0 Å². The summed E-state index contributed by atoms with van der Waals surface area (Å²) < 4.78 is 16.1. The average Bonchev–Trinajstić information content (AvgIpc) is 3.08. The lowest BCUT2D eigenvalue weighted by Crippen LogP contribution is -2.08. The Morgan fingerprint density at radius 1 is 1.03 bits per heavy atom. The summed E-state index contributed by atoms with van der Waals surface area (Å²) >= 11 is 0. The maximum Gasteiger partial charge on any atom is 0.343 e. The molecule has 1 heterocycles. The van der Waals surface area contributed by atoms with Gasteiger partial charge in [-0.2, -0.15) is 0 Å². The Balaban J connectivity index is 1.55. The fraction of sp³-hybridized carbons (Fsp3) is 0.0435. The molecule has 1 aliphatic heterocycles. The van der Waals surface area contributed by atoms with Crippen LogP contribution in [0.2, 0.25) is 0 Å². The smallest absolute Gasteiger partial charge is 0.343 e. The summed E-state index contributed by atoms with van der Waals surface area (Å²) in [6.07, 6.45) is 1.43. The molecule has 0 saturated carbocycles.